The maximum atomic E-state index is 13.5. The third-order valence-electron chi connectivity index (χ3n) is 5.15. The highest BCUT2D eigenvalue weighted by Crippen LogP contribution is 2.19. The number of hydrogen-bond donors (Lipinski definition) is 3. The number of piperidine rings is 1. The lowest BCUT2D eigenvalue weighted by atomic mass is 10.0. The molecule has 6 heteroatoms. The molecule has 5 nitrogen and oxygen atoms in total. The number of aromatic nitrogens is 1. The second kappa shape index (κ2) is 9.73. The van der Waals surface area contributed by atoms with E-state index in [0.717, 1.165) is 67.9 Å². The summed E-state index contributed by atoms with van der Waals surface area (Å²) in [4.78, 5) is 10.4. The number of benzene rings is 1. The summed E-state index contributed by atoms with van der Waals surface area (Å²) in [5.74, 6) is 0.664. The van der Waals surface area contributed by atoms with Crippen molar-refractivity contribution < 1.29 is 4.39 Å². The lowest BCUT2D eigenvalue weighted by Crippen LogP contribution is -2.48. The van der Waals surface area contributed by atoms with Gasteiger partial charge in [0, 0.05) is 55.9 Å². The summed E-state index contributed by atoms with van der Waals surface area (Å²) in [6.07, 6.45) is 4.95. The van der Waals surface area contributed by atoms with Gasteiger partial charge in [-0.25, -0.2) is 4.39 Å². The normalized spacial score (nSPS) is 16.5. The largest absolute Gasteiger partial charge is 0.361 e. The maximum Gasteiger partial charge on any atom is 0.191 e. The van der Waals surface area contributed by atoms with Gasteiger partial charge in [-0.3, -0.25) is 9.89 Å². The minimum Gasteiger partial charge on any atom is -0.361 e. The lowest BCUT2D eigenvalue weighted by molar-refractivity contribution is 0.221. The second-order valence-electron chi connectivity index (χ2n) is 7.67. The third kappa shape index (κ3) is 5.58. The van der Waals surface area contributed by atoms with Gasteiger partial charge in [0.15, 0.2) is 5.96 Å². The van der Waals surface area contributed by atoms with E-state index < -0.39 is 0 Å². The van der Waals surface area contributed by atoms with Gasteiger partial charge < -0.3 is 15.6 Å². The molecule has 0 spiro atoms. The van der Waals surface area contributed by atoms with Crippen molar-refractivity contribution >= 4 is 16.9 Å². The van der Waals surface area contributed by atoms with Crippen LogP contribution in [0.2, 0.25) is 0 Å². The average molecular weight is 386 g/mol. The number of nitrogens with one attached hydrogen (secondary N) is 3. The minimum absolute atomic E-state index is 0.204. The van der Waals surface area contributed by atoms with Crippen LogP contribution in [0, 0.1) is 5.82 Å². The van der Waals surface area contributed by atoms with Crippen LogP contribution >= 0.6 is 0 Å². The lowest BCUT2D eigenvalue weighted by Gasteiger charge is -2.33. The zero-order valence-corrected chi connectivity index (χ0v) is 17.0. The van der Waals surface area contributed by atoms with Gasteiger partial charge in [0.25, 0.3) is 0 Å². The van der Waals surface area contributed by atoms with Crippen LogP contribution in [-0.2, 0) is 6.42 Å². The first kappa shape index (κ1) is 20.4. The van der Waals surface area contributed by atoms with Crippen LogP contribution in [0.15, 0.2) is 41.5 Å². The van der Waals surface area contributed by atoms with Gasteiger partial charge in [-0.05, 0) is 56.9 Å². The molecule has 3 N–H and O–H groups in total. The van der Waals surface area contributed by atoms with Crippen molar-refractivity contribution in [3.05, 3.63) is 47.9 Å². The van der Waals surface area contributed by atoms with E-state index in [-0.39, 0.29) is 5.82 Å². The van der Waals surface area contributed by atoms with E-state index in [1.807, 2.05) is 6.20 Å². The van der Waals surface area contributed by atoms with E-state index in [2.05, 4.69) is 40.9 Å². The van der Waals surface area contributed by atoms with Crippen molar-refractivity contribution in [3.8, 4) is 0 Å². The summed E-state index contributed by atoms with van der Waals surface area (Å²) in [5, 5.41) is 7.86. The fraction of sp³-hybridized carbons (Fsp3) is 0.500. The number of aliphatic imine (C=N–C) groups is 1. The van der Waals surface area contributed by atoms with Crippen LogP contribution in [0.3, 0.4) is 0 Å². The van der Waals surface area contributed by atoms with E-state index in [1.165, 1.54) is 11.6 Å². The van der Waals surface area contributed by atoms with Crippen molar-refractivity contribution in [2.24, 2.45) is 4.99 Å². The predicted octanol–water partition coefficient (Wildman–Crippen LogP) is 3.45. The zero-order chi connectivity index (χ0) is 19.9. The molecule has 2 aromatic rings. The quantitative estimate of drug-likeness (QED) is 0.389. The number of guanidine groups is 1. The Morgan fingerprint density at radius 3 is 2.86 bits per heavy atom. The molecule has 0 radical (unpaired) electrons. The summed E-state index contributed by atoms with van der Waals surface area (Å²) in [7, 11) is 0. The molecule has 1 saturated heterocycles. The average Bonchev–Trinajstić information content (AvgIpc) is 3.05. The van der Waals surface area contributed by atoms with Gasteiger partial charge in [0.05, 0.1) is 0 Å². The number of rotatable bonds is 7. The zero-order valence-electron chi connectivity index (χ0n) is 17.0. The fourth-order valence-electron chi connectivity index (χ4n) is 3.78. The highest BCUT2D eigenvalue weighted by Gasteiger charge is 2.19. The van der Waals surface area contributed by atoms with E-state index in [0.29, 0.717) is 12.6 Å². The molecule has 1 fully saturated rings. The second-order valence-corrected chi connectivity index (χ2v) is 7.67. The molecule has 1 aliphatic heterocycles. The molecule has 0 atom stereocenters. The van der Waals surface area contributed by atoms with Gasteiger partial charge in [0.2, 0.25) is 0 Å². The van der Waals surface area contributed by atoms with Crippen molar-refractivity contribution in [1.82, 2.24) is 20.5 Å². The van der Waals surface area contributed by atoms with Crippen molar-refractivity contribution in [2.45, 2.75) is 39.2 Å². The number of H-pyrrole nitrogens is 1. The van der Waals surface area contributed by atoms with Gasteiger partial charge in [-0.2, -0.15) is 0 Å². The van der Waals surface area contributed by atoms with Gasteiger partial charge in [-0.15, -0.1) is 0 Å². The van der Waals surface area contributed by atoms with E-state index in [9.17, 15) is 4.39 Å². The third-order valence-corrected chi connectivity index (χ3v) is 5.15. The fourth-order valence-corrected chi connectivity index (χ4v) is 3.78. The number of likely N-dealkylation sites (tertiary alicyclic amines) is 1. The summed E-state index contributed by atoms with van der Waals surface area (Å²) in [6, 6.07) is 5.30. The maximum absolute atomic E-state index is 13.5. The van der Waals surface area contributed by atoms with Crippen LogP contribution in [-0.4, -0.2) is 54.6 Å². The Morgan fingerprint density at radius 1 is 1.36 bits per heavy atom. The topological polar surface area (TPSA) is 55.5 Å². The number of halogens is 1. The van der Waals surface area contributed by atoms with Crippen LogP contribution in [0.1, 0.15) is 32.3 Å². The monoisotopic (exact) mass is 385 g/mol. The Balaban J connectivity index is 1.54. The molecule has 0 saturated carbocycles. The molecule has 1 aliphatic rings. The first-order chi connectivity index (χ1) is 13.5. The van der Waals surface area contributed by atoms with Crippen LogP contribution in [0.25, 0.3) is 10.9 Å². The van der Waals surface area contributed by atoms with Crippen molar-refractivity contribution in [1.29, 1.82) is 0 Å². The Bertz CT molecular complexity index is 817. The Labute approximate surface area is 167 Å². The Morgan fingerprint density at radius 2 is 2.14 bits per heavy atom. The number of nitrogens with zero attached hydrogens (tertiary/aromatic N) is 2. The number of hydrogen-bond acceptors (Lipinski definition) is 2. The van der Waals surface area contributed by atoms with Crippen LogP contribution in [0.4, 0.5) is 4.39 Å². The molecule has 1 aromatic heterocycles. The summed E-state index contributed by atoms with van der Waals surface area (Å²) in [6.45, 7) is 12.8. The molecule has 3 rings (SSSR count). The summed E-state index contributed by atoms with van der Waals surface area (Å²) < 4.78 is 13.5. The van der Waals surface area contributed by atoms with E-state index in [4.69, 9.17) is 4.99 Å². The highest BCUT2D eigenvalue weighted by atomic mass is 19.1. The van der Waals surface area contributed by atoms with Crippen molar-refractivity contribution in [3.63, 3.8) is 0 Å². The highest BCUT2D eigenvalue weighted by molar-refractivity contribution is 5.83. The van der Waals surface area contributed by atoms with E-state index in [1.54, 1.807) is 12.1 Å². The van der Waals surface area contributed by atoms with Crippen LogP contribution < -0.4 is 10.6 Å². The molecular weight excluding hydrogens is 353 g/mol. The first-order valence-electron chi connectivity index (χ1n) is 10.2. The molecule has 1 aromatic carbocycles. The van der Waals surface area contributed by atoms with Gasteiger partial charge >= 0.3 is 0 Å². The molecule has 28 heavy (non-hydrogen) atoms. The Kier molecular flexibility index (Phi) is 7.09. The first-order valence-corrected chi connectivity index (χ1v) is 10.2. The van der Waals surface area contributed by atoms with Gasteiger partial charge in [-0.1, -0.05) is 12.2 Å². The van der Waals surface area contributed by atoms with Gasteiger partial charge in [0.1, 0.15) is 5.82 Å². The standard InChI is InChI=1S/C22H32FN5/c1-4-24-22(27-19-8-11-28(12-9-19)15-16(2)3)25-10-7-17-14-26-21-6-5-18(23)13-20(17)21/h5-6,13-14,19,26H,2,4,7-12,15H2,1,3H3,(H2,24,25,27). The molecule has 0 bridgehead atoms. The molecule has 0 aliphatic carbocycles. The van der Waals surface area contributed by atoms with Crippen molar-refractivity contribution in [2.75, 3.05) is 32.7 Å². The molecular formula is C22H32FN5. The minimum atomic E-state index is -0.204. The summed E-state index contributed by atoms with van der Waals surface area (Å²) in [5.41, 5.74) is 3.28. The molecule has 0 amide bonds. The predicted molar refractivity (Wildman–Crippen MR) is 115 cm³/mol. The summed E-state index contributed by atoms with van der Waals surface area (Å²) >= 11 is 0. The smallest absolute Gasteiger partial charge is 0.191 e. The van der Waals surface area contributed by atoms with E-state index >= 15 is 0 Å². The molecule has 152 valence electrons. The SMILES string of the molecule is C=C(C)CN1CCC(NC(=NCCc2c[nH]c3ccc(F)cc23)NCC)CC1. The Hall–Kier alpha value is -2.34. The molecule has 0 unspecified atom stereocenters. The van der Waals surface area contributed by atoms with Crippen LogP contribution in [0.5, 0.6) is 0 Å². The number of fused-ring (bicyclic) bond motifs is 1. The molecule has 2 heterocycles. The number of aromatic amines is 1.